The summed E-state index contributed by atoms with van der Waals surface area (Å²) in [5.41, 5.74) is 6.29. The molecule has 1 heterocycles. The number of rotatable bonds is 3. The highest BCUT2D eigenvalue weighted by molar-refractivity contribution is 9.10. The van der Waals surface area contributed by atoms with Crippen LogP contribution in [0.5, 0.6) is 11.6 Å². The van der Waals surface area contributed by atoms with Gasteiger partial charge in [0.25, 0.3) is 0 Å². The Morgan fingerprint density at radius 2 is 2.12 bits per heavy atom. The first kappa shape index (κ1) is 12.4. The molecule has 5 heteroatoms. The van der Waals surface area contributed by atoms with Crippen LogP contribution in [0.25, 0.3) is 0 Å². The van der Waals surface area contributed by atoms with Crippen LogP contribution in [0, 0.1) is 0 Å². The molecule has 0 radical (unpaired) electrons. The summed E-state index contributed by atoms with van der Waals surface area (Å²) in [4.78, 5) is 4.24. The molecule has 0 fully saturated rings. The third-order valence-corrected chi connectivity index (χ3v) is 2.90. The minimum absolute atomic E-state index is 0.378. The van der Waals surface area contributed by atoms with Crippen molar-refractivity contribution in [2.75, 3.05) is 0 Å². The Labute approximate surface area is 113 Å². The molecule has 0 unspecified atom stereocenters. The number of ether oxygens (including phenoxy) is 1. The maximum absolute atomic E-state index is 6.02. The molecule has 0 spiro atoms. The molecule has 3 nitrogen and oxygen atoms in total. The first-order valence-electron chi connectivity index (χ1n) is 4.98. The number of pyridine rings is 1. The first-order chi connectivity index (χ1) is 8.19. The third kappa shape index (κ3) is 3.19. The fourth-order valence-electron chi connectivity index (χ4n) is 1.30. The van der Waals surface area contributed by atoms with E-state index < -0.39 is 0 Å². The minimum Gasteiger partial charge on any atom is -0.437 e. The van der Waals surface area contributed by atoms with Crippen molar-refractivity contribution in [1.82, 2.24) is 4.98 Å². The summed E-state index contributed by atoms with van der Waals surface area (Å²) in [7, 11) is 0. The van der Waals surface area contributed by atoms with Crippen molar-refractivity contribution in [2.45, 2.75) is 6.54 Å². The Hall–Kier alpha value is -1.10. The highest BCUT2D eigenvalue weighted by atomic mass is 79.9. The normalized spacial score (nSPS) is 10.3. The summed E-state index contributed by atoms with van der Waals surface area (Å²) in [5, 5.41) is 0.535. The molecule has 2 rings (SSSR count). The van der Waals surface area contributed by atoms with Gasteiger partial charge in [0.15, 0.2) is 0 Å². The van der Waals surface area contributed by atoms with Crippen molar-refractivity contribution < 1.29 is 4.74 Å². The maximum Gasteiger partial charge on any atom is 0.219 e. The van der Waals surface area contributed by atoms with E-state index in [0.717, 1.165) is 10.2 Å². The van der Waals surface area contributed by atoms with E-state index in [2.05, 4.69) is 20.9 Å². The highest BCUT2D eigenvalue weighted by Crippen LogP contribution is 2.31. The van der Waals surface area contributed by atoms with E-state index >= 15 is 0 Å². The van der Waals surface area contributed by atoms with Crippen LogP contribution in [0.15, 0.2) is 40.9 Å². The molecule has 0 amide bonds. The lowest BCUT2D eigenvalue weighted by molar-refractivity contribution is 0.460. The van der Waals surface area contributed by atoms with Gasteiger partial charge in [-0.15, -0.1) is 0 Å². The van der Waals surface area contributed by atoms with Crippen LogP contribution in [0.2, 0.25) is 5.02 Å². The van der Waals surface area contributed by atoms with Gasteiger partial charge in [-0.2, -0.15) is 0 Å². The summed E-state index contributed by atoms with van der Waals surface area (Å²) < 4.78 is 6.50. The van der Waals surface area contributed by atoms with Crippen molar-refractivity contribution in [2.24, 2.45) is 5.73 Å². The fraction of sp³-hybridized carbons (Fsp3) is 0.0833. The van der Waals surface area contributed by atoms with Crippen LogP contribution >= 0.6 is 27.5 Å². The van der Waals surface area contributed by atoms with Crippen molar-refractivity contribution in [3.05, 3.63) is 51.6 Å². The van der Waals surface area contributed by atoms with Crippen LogP contribution in [-0.2, 0) is 6.54 Å². The Morgan fingerprint density at radius 1 is 1.29 bits per heavy atom. The molecule has 0 bridgehead atoms. The van der Waals surface area contributed by atoms with Crippen LogP contribution in [-0.4, -0.2) is 4.98 Å². The van der Waals surface area contributed by atoms with E-state index in [0.29, 0.717) is 23.2 Å². The second-order valence-electron chi connectivity index (χ2n) is 3.35. The number of nitrogens with zero attached hydrogens (tertiary/aromatic N) is 1. The van der Waals surface area contributed by atoms with Gasteiger partial charge < -0.3 is 10.5 Å². The van der Waals surface area contributed by atoms with Gasteiger partial charge in [0.2, 0.25) is 5.88 Å². The lowest BCUT2D eigenvalue weighted by atomic mass is 10.3. The average Bonchev–Trinajstić information content (AvgIpc) is 2.34. The first-order valence-corrected chi connectivity index (χ1v) is 6.15. The maximum atomic E-state index is 6.02. The van der Waals surface area contributed by atoms with Gasteiger partial charge in [0.05, 0.1) is 10.7 Å². The van der Waals surface area contributed by atoms with Gasteiger partial charge in [0.1, 0.15) is 5.75 Å². The number of hydrogen-bond acceptors (Lipinski definition) is 3. The van der Waals surface area contributed by atoms with Crippen molar-refractivity contribution >= 4 is 27.5 Å². The molecule has 17 heavy (non-hydrogen) atoms. The second kappa shape index (κ2) is 5.49. The van der Waals surface area contributed by atoms with Crippen LogP contribution in [0.4, 0.5) is 0 Å². The molecule has 0 saturated carbocycles. The fourth-order valence-corrected chi connectivity index (χ4v) is 1.79. The molecule has 1 aromatic carbocycles. The van der Waals surface area contributed by atoms with Gasteiger partial charge in [0, 0.05) is 17.1 Å². The van der Waals surface area contributed by atoms with E-state index in [1.807, 2.05) is 18.2 Å². The predicted octanol–water partition coefficient (Wildman–Crippen LogP) is 3.75. The zero-order valence-electron chi connectivity index (χ0n) is 8.86. The molecule has 0 saturated heterocycles. The zero-order chi connectivity index (χ0) is 12.3. The number of halogens is 2. The molecule has 0 aliphatic rings. The van der Waals surface area contributed by atoms with E-state index in [1.54, 1.807) is 18.2 Å². The summed E-state index contributed by atoms with van der Waals surface area (Å²) in [6, 6.07) is 10.8. The molecule has 0 aliphatic carbocycles. The van der Waals surface area contributed by atoms with E-state index in [4.69, 9.17) is 22.1 Å². The molecule has 0 aliphatic heterocycles. The standard InChI is InChI=1S/C12H10BrClN2O/c13-8-4-5-10(14)11(6-8)17-12-3-1-2-9(7-15)16-12/h1-6H,7,15H2. The monoisotopic (exact) mass is 312 g/mol. The molecule has 0 atom stereocenters. The predicted molar refractivity (Wildman–Crippen MR) is 71.4 cm³/mol. The van der Waals surface area contributed by atoms with Crippen molar-refractivity contribution in [3.8, 4) is 11.6 Å². The minimum atomic E-state index is 0.378. The number of aromatic nitrogens is 1. The number of benzene rings is 1. The molecule has 2 N–H and O–H groups in total. The van der Waals surface area contributed by atoms with Gasteiger partial charge in [-0.25, -0.2) is 4.98 Å². The smallest absolute Gasteiger partial charge is 0.219 e. The zero-order valence-corrected chi connectivity index (χ0v) is 11.2. The van der Waals surface area contributed by atoms with Gasteiger partial charge >= 0.3 is 0 Å². The third-order valence-electron chi connectivity index (χ3n) is 2.10. The Bertz CT molecular complexity index is 534. The van der Waals surface area contributed by atoms with E-state index in [-0.39, 0.29) is 0 Å². The van der Waals surface area contributed by atoms with Crippen LogP contribution < -0.4 is 10.5 Å². The molecule has 88 valence electrons. The molecular formula is C12H10BrClN2O. The largest absolute Gasteiger partial charge is 0.437 e. The quantitative estimate of drug-likeness (QED) is 0.939. The lowest BCUT2D eigenvalue weighted by Gasteiger charge is -2.07. The van der Waals surface area contributed by atoms with Gasteiger partial charge in [-0.3, -0.25) is 0 Å². The molecule has 1 aromatic heterocycles. The Balaban J connectivity index is 2.27. The number of hydrogen-bond donors (Lipinski definition) is 1. The summed E-state index contributed by atoms with van der Waals surface area (Å²) in [6.45, 7) is 0.378. The van der Waals surface area contributed by atoms with E-state index in [1.165, 1.54) is 0 Å². The second-order valence-corrected chi connectivity index (χ2v) is 4.67. The topological polar surface area (TPSA) is 48.1 Å². The molecular weight excluding hydrogens is 304 g/mol. The van der Waals surface area contributed by atoms with Gasteiger partial charge in [-0.1, -0.05) is 33.6 Å². The summed E-state index contributed by atoms with van der Waals surface area (Å²) in [5.74, 6) is 1.04. The molecule has 2 aromatic rings. The Kier molecular flexibility index (Phi) is 3.99. The van der Waals surface area contributed by atoms with Crippen LogP contribution in [0.3, 0.4) is 0 Å². The van der Waals surface area contributed by atoms with Crippen molar-refractivity contribution in [1.29, 1.82) is 0 Å². The number of nitrogens with two attached hydrogens (primary N) is 1. The van der Waals surface area contributed by atoms with Crippen molar-refractivity contribution in [3.63, 3.8) is 0 Å². The average molecular weight is 314 g/mol. The van der Waals surface area contributed by atoms with Gasteiger partial charge in [-0.05, 0) is 24.3 Å². The summed E-state index contributed by atoms with van der Waals surface area (Å²) >= 11 is 9.38. The Morgan fingerprint density at radius 3 is 2.88 bits per heavy atom. The van der Waals surface area contributed by atoms with E-state index in [9.17, 15) is 0 Å². The SMILES string of the molecule is NCc1cccc(Oc2cc(Br)ccc2Cl)n1. The summed E-state index contributed by atoms with van der Waals surface area (Å²) in [6.07, 6.45) is 0. The highest BCUT2D eigenvalue weighted by Gasteiger charge is 2.05. The lowest BCUT2D eigenvalue weighted by Crippen LogP contribution is -2.00. The van der Waals surface area contributed by atoms with Crippen LogP contribution in [0.1, 0.15) is 5.69 Å².